The zero-order valence-corrected chi connectivity index (χ0v) is 28.9. The highest BCUT2D eigenvalue weighted by Gasteiger charge is 2.41. The van der Waals surface area contributed by atoms with Gasteiger partial charge in [0.2, 0.25) is 11.6 Å². The number of hydrogen-bond donors (Lipinski definition) is 2. The first-order valence-electron chi connectivity index (χ1n) is 15.0. The van der Waals surface area contributed by atoms with E-state index in [4.69, 9.17) is 9.72 Å². The first-order valence-corrected chi connectivity index (χ1v) is 17.3. The Morgan fingerprint density at radius 3 is 2.44 bits per heavy atom. The molecule has 0 saturated carbocycles. The summed E-state index contributed by atoms with van der Waals surface area (Å²) in [6, 6.07) is 8.85. The fourth-order valence-corrected chi connectivity index (χ4v) is 7.84. The fraction of sp³-hybridized carbons (Fsp3) is 0.387. The predicted molar refractivity (Wildman–Crippen MR) is 178 cm³/mol. The number of rotatable bonds is 11. The van der Waals surface area contributed by atoms with Crippen LogP contribution in [0.5, 0.6) is 5.75 Å². The van der Waals surface area contributed by atoms with Crippen molar-refractivity contribution in [3.63, 3.8) is 0 Å². The molecule has 0 unspecified atom stereocenters. The van der Waals surface area contributed by atoms with Crippen LogP contribution >= 0.6 is 11.8 Å². The van der Waals surface area contributed by atoms with E-state index in [1.54, 1.807) is 6.07 Å². The van der Waals surface area contributed by atoms with Crippen LogP contribution in [0.4, 0.5) is 31.9 Å². The molecule has 1 aliphatic rings. The van der Waals surface area contributed by atoms with Gasteiger partial charge in [-0.1, -0.05) is 12.1 Å². The molecule has 4 aromatic rings. The average Bonchev–Trinajstić information content (AvgIpc) is 3.45. The Labute approximate surface area is 281 Å². The van der Waals surface area contributed by atoms with Crippen LogP contribution in [-0.2, 0) is 14.6 Å². The molecule has 256 valence electrons. The normalized spacial score (nSPS) is 14.4. The summed E-state index contributed by atoms with van der Waals surface area (Å²) in [7, 11) is 1.17. The third kappa shape index (κ3) is 6.79. The number of aryl methyl sites for hydroxylation is 1. The number of benzene rings is 2. The lowest BCUT2D eigenvalue weighted by molar-refractivity contribution is -0.387. The molecule has 0 bridgehead atoms. The van der Waals surface area contributed by atoms with Gasteiger partial charge in [-0.15, -0.1) is 0 Å². The monoisotopic (exact) mass is 702 g/mol. The van der Waals surface area contributed by atoms with Crippen molar-refractivity contribution in [2.75, 3.05) is 44.5 Å². The number of aromatic amines is 1. The maximum absolute atomic E-state index is 15.7. The van der Waals surface area contributed by atoms with Gasteiger partial charge in [0.25, 0.3) is 0 Å². The van der Waals surface area contributed by atoms with Crippen molar-refractivity contribution in [1.29, 1.82) is 0 Å². The van der Waals surface area contributed by atoms with Crippen molar-refractivity contribution >= 4 is 44.7 Å². The molecule has 0 radical (unpaired) electrons. The highest BCUT2D eigenvalue weighted by Crippen LogP contribution is 2.42. The van der Waals surface area contributed by atoms with E-state index in [9.17, 15) is 18.5 Å². The Kier molecular flexibility index (Phi) is 9.94. The summed E-state index contributed by atoms with van der Waals surface area (Å²) in [5.41, 5.74) is -0.443. The second-order valence-corrected chi connectivity index (χ2v) is 15.6. The average molecular weight is 703 g/mol. The number of nitro groups is 1. The minimum absolute atomic E-state index is 0.0392. The largest absolute Gasteiger partial charge is 0.490 e. The number of nitrogens with zero attached hydrogens (tertiary/aromatic N) is 6. The van der Waals surface area contributed by atoms with Crippen molar-refractivity contribution in [3.05, 3.63) is 75.5 Å². The van der Waals surface area contributed by atoms with Crippen molar-refractivity contribution in [2.45, 2.75) is 59.3 Å². The van der Waals surface area contributed by atoms with Crippen LogP contribution in [-0.4, -0.2) is 78.7 Å². The third-order valence-corrected chi connectivity index (χ3v) is 11.7. The van der Waals surface area contributed by atoms with Crippen LogP contribution in [0.15, 0.2) is 57.4 Å². The lowest BCUT2D eigenvalue weighted by Crippen LogP contribution is -2.42. The van der Waals surface area contributed by atoms with E-state index in [0.717, 1.165) is 48.5 Å². The van der Waals surface area contributed by atoms with Gasteiger partial charge in [0.05, 0.1) is 26.6 Å². The van der Waals surface area contributed by atoms with Gasteiger partial charge in [-0.3, -0.25) is 15.2 Å². The van der Waals surface area contributed by atoms with Crippen molar-refractivity contribution in [1.82, 2.24) is 25.1 Å². The predicted octanol–water partition coefficient (Wildman–Crippen LogP) is 5.84. The molecular formula is C31H36F2N8O5S2. The number of anilines is 3. The van der Waals surface area contributed by atoms with Crippen molar-refractivity contribution in [3.8, 4) is 5.75 Å². The lowest BCUT2D eigenvalue weighted by Gasteiger charge is -2.36. The number of sulfone groups is 1. The molecule has 2 N–H and O–H groups in total. The van der Waals surface area contributed by atoms with E-state index in [2.05, 4.69) is 30.3 Å². The summed E-state index contributed by atoms with van der Waals surface area (Å²) in [5.74, 6) is -0.436. The van der Waals surface area contributed by atoms with E-state index in [1.807, 2.05) is 21.0 Å². The molecule has 5 rings (SSSR count). The number of nitro benzene ring substituents is 1. The Bertz CT molecular complexity index is 1950. The van der Waals surface area contributed by atoms with E-state index in [0.29, 0.717) is 42.3 Å². The Morgan fingerprint density at radius 1 is 1.15 bits per heavy atom. The van der Waals surface area contributed by atoms with Crippen LogP contribution in [0.25, 0.3) is 0 Å². The van der Waals surface area contributed by atoms with Crippen molar-refractivity contribution in [2.24, 2.45) is 0 Å². The van der Waals surface area contributed by atoms with Gasteiger partial charge >= 0.3 is 5.69 Å². The number of aromatic nitrogens is 4. The molecule has 1 fully saturated rings. The van der Waals surface area contributed by atoms with Gasteiger partial charge in [-0.2, -0.15) is 9.49 Å². The minimum Gasteiger partial charge on any atom is -0.490 e. The Hall–Kier alpha value is -4.35. The highest BCUT2D eigenvalue weighted by atomic mass is 32.2. The molecule has 13 nitrogen and oxygen atoms in total. The zero-order valence-electron chi connectivity index (χ0n) is 27.2. The summed E-state index contributed by atoms with van der Waals surface area (Å²) < 4.78 is 62.0. The van der Waals surface area contributed by atoms with E-state index >= 15 is 8.78 Å². The van der Waals surface area contributed by atoms with E-state index < -0.39 is 47.3 Å². The number of halogens is 2. The Balaban J connectivity index is 1.49. The second kappa shape index (κ2) is 13.6. The number of H-pyrrole nitrogens is 1. The minimum atomic E-state index is -4.44. The summed E-state index contributed by atoms with van der Waals surface area (Å²) in [6.45, 7) is 5.68. The summed E-state index contributed by atoms with van der Waals surface area (Å²) in [4.78, 5) is 23.6. The zero-order chi connectivity index (χ0) is 35.0. The molecular weight excluding hydrogens is 667 g/mol. The van der Waals surface area contributed by atoms with E-state index in [-0.39, 0.29) is 10.1 Å². The van der Waals surface area contributed by atoms with E-state index in [1.165, 1.54) is 39.2 Å². The number of methoxy groups -OCH3 is 1. The SMILES string of the molecule is COc1c(Nc2cc(C)[nH]n2)nc(Sc2ccc(S(=O)(=O)C(C)(C)c3cccc([N+](=O)[O-])c3F)cc2F)nc1N1CCC(N(C)C)CC1. The van der Waals surface area contributed by atoms with Gasteiger partial charge in [0.1, 0.15) is 5.82 Å². The summed E-state index contributed by atoms with van der Waals surface area (Å²) >= 11 is 0.892. The Morgan fingerprint density at radius 2 is 1.85 bits per heavy atom. The second-order valence-electron chi connectivity index (χ2n) is 12.1. The summed E-state index contributed by atoms with van der Waals surface area (Å²) in [6.07, 6.45) is 1.79. The third-order valence-electron chi connectivity index (χ3n) is 8.39. The maximum atomic E-state index is 15.7. The smallest absolute Gasteiger partial charge is 0.305 e. The molecule has 0 spiro atoms. The number of piperidine rings is 1. The topological polar surface area (TPSA) is 159 Å². The highest BCUT2D eigenvalue weighted by molar-refractivity contribution is 7.99. The van der Waals surface area contributed by atoms with Gasteiger partial charge < -0.3 is 19.9 Å². The maximum Gasteiger partial charge on any atom is 0.305 e. The molecule has 3 heterocycles. The van der Waals surface area contributed by atoms with Crippen molar-refractivity contribution < 1.29 is 26.9 Å². The molecule has 2 aromatic carbocycles. The number of nitrogens with one attached hydrogen (secondary N) is 2. The standard InChI is InChI=1S/C31H36F2N8O5S2/c1-18-16-25(38-37-18)34-28-27(46-6)29(40-14-12-19(13-15-40)39(4)5)36-30(35-28)47-24-11-10-20(17-22(24)32)48(44,45)31(2,3)21-8-7-9-23(26(21)33)41(42)43/h7-11,16-17,19H,12-15H2,1-6H3,(H2,34,35,36,37,38). The van der Waals surface area contributed by atoms with Gasteiger partial charge in [0, 0.05) is 42.5 Å². The van der Waals surface area contributed by atoms with Crippen LogP contribution < -0.4 is 15.0 Å². The molecule has 2 aromatic heterocycles. The van der Waals surface area contributed by atoms with Crippen LogP contribution in [0.1, 0.15) is 37.9 Å². The van der Waals surface area contributed by atoms with Crippen LogP contribution in [0, 0.1) is 28.7 Å². The first kappa shape index (κ1) is 35.0. The van der Waals surface area contributed by atoms with Crippen LogP contribution in [0.2, 0.25) is 0 Å². The molecule has 17 heteroatoms. The van der Waals surface area contributed by atoms with Gasteiger partial charge in [-0.05, 0) is 77.7 Å². The number of ether oxygens (including phenoxy) is 1. The van der Waals surface area contributed by atoms with Gasteiger partial charge in [-0.25, -0.2) is 22.8 Å². The summed E-state index contributed by atoms with van der Waals surface area (Å²) in [5, 5.41) is 21.7. The lowest BCUT2D eigenvalue weighted by atomic mass is 10.0. The number of hydrogen-bond acceptors (Lipinski definition) is 12. The molecule has 0 amide bonds. The molecule has 1 saturated heterocycles. The van der Waals surface area contributed by atoms with Crippen LogP contribution in [0.3, 0.4) is 0 Å². The fourth-order valence-electron chi connectivity index (χ4n) is 5.54. The quantitative estimate of drug-likeness (QED) is 0.109. The molecule has 0 aliphatic carbocycles. The molecule has 1 aliphatic heterocycles. The molecule has 48 heavy (non-hydrogen) atoms. The molecule has 0 atom stereocenters. The van der Waals surface area contributed by atoms with Gasteiger partial charge in [0.15, 0.2) is 32.4 Å². The first-order chi connectivity index (χ1) is 22.6.